The van der Waals surface area contributed by atoms with Crippen molar-refractivity contribution in [3.8, 4) is 0 Å². The molecule has 0 aliphatic carbocycles. The quantitative estimate of drug-likeness (QED) is 0.720. The van der Waals surface area contributed by atoms with E-state index in [-0.39, 0.29) is 5.56 Å². The maximum atomic E-state index is 11.9. The van der Waals surface area contributed by atoms with E-state index in [2.05, 4.69) is 0 Å². The van der Waals surface area contributed by atoms with E-state index in [0.717, 1.165) is 0 Å². The van der Waals surface area contributed by atoms with E-state index >= 15 is 0 Å². The molecule has 5 heteroatoms. The van der Waals surface area contributed by atoms with Crippen LogP contribution in [0.15, 0.2) is 24.3 Å². The molecule has 1 aromatic rings. The monoisotopic (exact) mass is 195 g/mol. The van der Waals surface area contributed by atoms with Crippen molar-refractivity contribution >= 4 is 16.9 Å². The third-order valence-electron chi connectivity index (χ3n) is 1.28. The van der Waals surface area contributed by atoms with Crippen molar-refractivity contribution in [2.45, 2.75) is 5.75 Å². The average molecular weight is 195 g/mol. The second-order valence-electron chi connectivity index (χ2n) is 2.39. The van der Waals surface area contributed by atoms with Gasteiger partial charge in [0.2, 0.25) is 11.2 Å². The molecule has 1 aromatic carbocycles. The summed E-state index contributed by atoms with van der Waals surface area (Å²) in [5.41, 5.74) is 5.92. The Kier molecular flexibility index (Phi) is 2.52. The number of nitrogen functional groups attached to an aromatic ring is 1. The van der Waals surface area contributed by atoms with Gasteiger partial charge in [-0.1, -0.05) is 12.1 Å². The molecule has 0 radical (unpaired) electrons. The van der Waals surface area contributed by atoms with Crippen LogP contribution in [0, 0.1) is 0 Å². The first-order chi connectivity index (χ1) is 5.47. The fourth-order valence-electron chi connectivity index (χ4n) is 0.872. The van der Waals surface area contributed by atoms with Gasteiger partial charge in [-0.2, -0.15) is 0 Å². The molecular formula is C7H8F3NS. The van der Waals surface area contributed by atoms with Gasteiger partial charge >= 0.3 is 0 Å². The SMILES string of the molecule is Nc1cccc(CS(F)(F)F)c1. The van der Waals surface area contributed by atoms with Crippen LogP contribution in [0.5, 0.6) is 0 Å². The molecule has 2 N–H and O–H groups in total. The predicted molar refractivity (Wildman–Crippen MR) is 45.5 cm³/mol. The molecule has 1 nitrogen and oxygen atoms in total. The van der Waals surface area contributed by atoms with Crippen molar-refractivity contribution in [2.24, 2.45) is 0 Å². The highest BCUT2D eigenvalue weighted by atomic mass is 32.3. The number of hydrogen-bond acceptors (Lipinski definition) is 1. The molecule has 68 valence electrons. The minimum absolute atomic E-state index is 0.234. The molecule has 0 bridgehead atoms. The molecule has 0 aliphatic rings. The minimum atomic E-state index is -4.95. The summed E-state index contributed by atoms with van der Waals surface area (Å²) in [6.45, 7) is 0. The van der Waals surface area contributed by atoms with Crippen molar-refractivity contribution in [1.29, 1.82) is 0 Å². The largest absolute Gasteiger partial charge is 0.399 e. The first-order valence-electron chi connectivity index (χ1n) is 3.22. The van der Waals surface area contributed by atoms with Crippen LogP contribution in [-0.4, -0.2) is 0 Å². The number of hydrogen-bond donors (Lipinski definition) is 1. The molecule has 0 atom stereocenters. The van der Waals surface area contributed by atoms with Gasteiger partial charge in [-0.3, -0.25) is 0 Å². The molecule has 12 heavy (non-hydrogen) atoms. The molecular weight excluding hydrogens is 187 g/mol. The van der Waals surface area contributed by atoms with Gasteiger partial charge in [-0.25, -0.2) is 0 Å². The molecule has 0 saturated heterocycles. The fourth-order valence-corrected chi connectivity index (χ4v) is 1.43. The van der Waals surface area contributed by atoms with Crippen LogP contribution in [0.4, 0.5) is 17.3 Å². The maximum absolute atomic E-state index is 11.9. The van der Waals surface area contributed by atoms with Gasteiger partial charge in [0.25, 0.3) is 0 Å². The van der Waals surface area contributed by atoms with Crippen LogP contribution in [0.3, 0.4) is 0 Å². The standard InChI is InChI=1S/C7H8F3NS/c8-12(9,10)5-6-2-1-3-7(11)4-6/h1-4H,5,11H2. The molecule has 0 saturated carbocycles. The van der Waals surface area contributed by atoms with Crippen molar-refractivity contribution in [3.63, 3.8) is 0 Å². The van der Waals surface area contributed by atoms with Gasteiger partial charge < -0.3 is 5.73 Å². The Labute approximate surface area is 70.6 Å². The van der Waals surface area contributed by atoms with Gasteiger partial charge in [0.1, 0.15) is 0 Å². The Morgan fingerprint density at radius 1 is 1.25 bits per heavy atom. The third-order valence-corrected chi connectivity index (χ3v) is 1.94. The highest BCUT2D eigenvalue weighted by Gasteiger charge is 2.20. The first-order valence-corrected chi connectivity index (χ1v) is 4.72. The van der Waals surface area contributed by atoms with Crippen LogP contribution in [0.2, 0.25) is 0 Å². The van der Waals surface area contributed by atoms with Crippen molar-refractivity contribution in [3.05, 3.63) is 29.8 Å². The van der Waals surface area contributed by atoms with Gasteiger partial charge in [-0.05, 0) is 17.7 Å². The zero-order valence-corrected chi connectivity index (χ0v) is 6.95. The lowest BCUT2D eigenvalue weighted by atomic mass is 10.2. The van der Waals surface area contributed by atoms with Gasteiger partial charge in [0.15, 0.2) is 0 Å². The van der Waals surface area contributed by atoms with E-state index < -0.39 is 16.9 Å². The summed E-state index contributed by atoms with van der Waals surface area (Å²) in [5, 5.41) is 0. The van der Waals surface area contributed by atoms with E-state index in [1.807, 2.05) is 0 Å². The summed E-state index contributed by atoms with van der Waals surface area (Å²) in [7, 11) is 0. The van der Waals surface area contributed by atoms with E-state index in [1.54, 1.807) is 6.07 Å². The molecule has 0 aliphatic heterocycles. The molecule has 0 amide bonds. The Bertz CT molecular complexity index is 272. The third kappa shape index (κ3) is 3.04. The minimum Gasteiger partial charge on any atom is -0.399 e. The highest BCUT2D eigenvalue weighted by Crippen LogP contribution is 2.55. The van der Waals surface area contributed by atoms with Gasteiger partial charge in [0.05, 0.1) is 5.75 Å². The van der Waals surface area contributed by atoms with Crippen molar-refractivity contribution < 1.29 is 11.7 Å². The van der Waals surface area contributed by atoms with Crippen LogP contribution < -0.4 is 5.73 Å². The summed E-state index contributed by atoms with van der Waals surface area (Å²) < 4.78 is 35.7. The molecule has 0 aromatic heterocycles. The lowest BCUT2D eigenvalue weighted by Crippen LogP contribution is -1.89. The summed E-state index contributed by atoms with van der Waals surface area (Å²) in [5.74, 6) is -0.835. The van der Waals surface area contributed by atoms with E-state index in [4.69, 9.17) is 5.73 Å². The zero-order chi connectivity index (χ0) is 9.19. The summed E-state index contributed by atoms with van der Waals surface area (Å²) >= 11 is -4.95. The lowest BCUT2D eigenvalue weighted by molar-refractivity contribution is 0.631. The normalized spacial score (nSPS) is 12.9. The van der Waals surface area contributed by atoms with Crippen molar-refractivity contribution in [2.75, 3.05) is 5.73 Å². The first kappa shape index (κ1) is 9.25. The number of halogens is 3. The van der Waals surface area contributed by atoms with Crippen LogP contribution in [-0.2, 0) is 5.75 Å². The number of benzene rings is 1. The fraction of sp³-hybridized carbons (Fsp3) is 0.143. The van der Waals surface area contributed by atoms with Crippen LogP contribution in [0.25, 0.3) is 0 Å². The maximum Gasteiger partial charge on any atom is 0.213 e. The topological polar surface area (TPSA) is 26.0 Å². The second kappa shape index (κ2) is 3.26. The van der Waals surface area contributed by atoms with E-state index in [0.29, 0.717) is 5.69 Å². The summed E-state index contributed by atoms with van der Waals surface area (Å²) in [6.07, 6.45) is 0. The van der Waals surface area contributed by atoms with Crippen LogP contribution >= 0.6 is 11.2 Å². The molecule has 1 rings (SSSR count). The van der Waals surface area contributed by atoms with Crippen molar-refractivity contribution in [1.82, 2.24) is 0 Å². The van der Waals surface area contributed by atoms with E-state index in [1.165, 1.54) is 18.2 Å². The summed E-state index contributed by atoms with van der Waals surface area (Å²) in [6, 6.07) is 5.86. The van der Waals surface area contributed by atoms with E-state index in [9.17, 15) is 11.7 Å². The molecule has 0 unspecified atom stereocenters. The zero-order valence-electron chi connectivity index (χ0n) is 6.14. The number of anilines is 1. The number of nitrogens with two attached hydrogens (primary N) is 1. The predicted octanol–water partition coefficient (Wildman–Crippen LogP) is 3.23. The molecule has 0 fully saturated rings. The average Bonchev–Trinajstić information content (AvgIpc) is 1.82. The molecule has 0 heterocycles. The van der Waals surface area contributed by atoms with Crippen LogP contribution in [0.1, 0.15) is 5.56 Å². The Hall–Kier alpha value is -0.840. The Morgan fingerprint density at radius 2 is 1.92 bits per heavy atom. The highest BCUT2D eigenvalue weighted by molar-refractivity contribution is 8.20. The second-order valence-corrected chi connectivity index (χ2v) is 3.68. The van der Waals surface area contributed by atoms with Gasteiger partial charge in [0, 0.05) is 5.69 Å². The Balaban J connectivity index is 2.77. The molecule has 0 spiro atoms. The lowest BCUT2D eigenvalue weighted by Gasteiger charge is -2.09. The van der Waals surface area contributed by atoms with Gasteiger partial charge in [-0.15, -0.1) is 11.7 Å². The Morgan fingerprint density at radius 3 is 2.42 bits per heavy atom. The smallest absolute Gasteiger partial charge is 0.213 e. The summed E-state index contributed by atoms with van der Waals surface area (Å²) in [4.78, 5) is 0. The number of rotatable bonds is 2.